The third kappa shape index (κ3) is 3.48. The molecule has 1 aliphatic carbocycles. The SMILES string of the molecule is C[C@@H](O[Si](C)(C)C(C)(C)C)[C@H]1C(=O)N[C@H]1[C@@H]1CCc2nc3cnccc3cc2C1=O. The number of Topliss-reactive ketones (excluding diaryl/α,β-unsaturated/α-hetero) is 1. The molecule has 4 atom stereocenters. The summed E-state index contributed by atoms with van der Waals surface area (Å²) in [5, 5.41) is 4.00. The number of aromatic nitrogens is 2. The molecule has 160 valence electrons. The van der Waals surface area contributed by atoms with Gasteiger partial charge < -0.3 is 9.74 Å². The highest BCUT2D eigenvalue weighted by atomic mass is 28.4. The normalized spacial score (nSPS) is 25.5. The molecule has 2 aliphatic rings. The third-order valence-corrected chi connectivity index (χ3v) is 11.8. The lowest BCUT2D eigenvalue weighted by molar-refractivity contribution is -0.141. The van der Waals surface area contributed by atoms with Crippen LogP contribution in [0.5, 0.6) is 0 Å². The Morgan fingerprint density at radius 1 is 1.27 bits per heavy atom. The van der Waals surface area contributed by atoms with Gasteiger partial charge in [-0.1, -0.05) is 20.8 Å². The first-order valence-corrected chi connectivity index (χ1v) is 13.7. The van der Waals surface area contributed by atoms with Gasteiger partial charge in [0.2, 0.25) is 5.91 Å². The van der Waals surface area contributed by atoms with Crippen LogP contribution in [-0.4, -0.2) is 42.1 Å². The highest BCUT2D eigenvalue weighted by molar-refractivity contribution is 6.74. The minimum Gasteiger partial charge on any atom is -0.413 e. The summed E-state index contributed by atoms with van der Waals surface area (Å²) in [5.74, 6) is -0.441. The van der Waals surface area contributed by atoms with Gasteiger partial charge in [-0.15, -0.1) is 0 Å². The van der Waals surface area contributed by atoms with E-state index in [1.807, 2.05) is 19.1 Å². The largest absolute Gasteiger partial charge is 0.413 e. The van der Waals surface area contributed by atoms with E-state index in [0.29, 0.717) is 12.0 Å². The summed E-state index contributed by atoms with van der Waals surface area (Å²) in [4.78, 5) is 34.6. The molecule has 7 heteroatoms. The fourth-order valence-corrected chi connectivity index (χ4v) is 5.84. The maximum Gasteiger partial charge on any atom is 0.228 e. The van der Waals surface area contributed by atoms with Gasteiger partial charge in [0.1, 0.15) is 0 Å². The number of fused-ring (bicyclic) bond motifs is 2. The Morgan fingerprint density at radius 2 is 2.00 bits per heavy atom. The quantitative estimate of drug-likeness (QED) is 0.593. The Kier molecular flexibility index (Phi) is 5.09. The van der Waals surface area contributed by atoms with Gasteiger partial charge in [0, 0.05) is 23.1 Å². The Bertz CT molecular complexity index is 1010. The van der Waals surface area contributed by atoms with Crippen molar-refractivity contribution in [2.45, 2.75) is 70.8 Å². The number of ketones is 1. The molecular weight excluding hydrogens is 394 g/mol. The molecule has 0 aromatic carbocycles. The number of rotatable bonds is 4. The van der Waals surface area contributed by atoms with E-state index in [1.165, 1.54) is 0 Å². The van der Waals surface area contributed by atoms with Crippen LogP contribution in [0, 0.1) is 11.8 Å². The van der Waals surface area contributed by atoms with Crippen molar-refractivity contribution in [2.75, 3.05) is 0 Å². The number of nitrogens with zero attached hydrogens (tertiary/aromatic N) is 2. The van der Waals surface area contributed by atoms with Crippen molar-refractivity contribution in [1.29, 1.82) is 0 Å². The van der Waals surface area contributed by atoms with Crippen LogP contribution in [0.25, 0.3) is 10.9 Å². The van der Waals surface area contributed by atoms with Crippen LogP contribution in [-0.2, 0) is 15.6 Å². The van der Waals surface area contributed by atoms with Crippen molar-refractivity contribution in [3.05, 3.63) is 35.8 Å². The standard InChI is InChI=1S/C23H31N3O3Si/c1-13(29-30(5,6)23(2,3)4)19-20(26-22(19)28)15-7-8-17-16(21(15)27)11-14-9-10-24-12-18(14)25-17/h9-13,15,19-20H,7-8H2,1-6H3,(H,26,28)/t13-,15+,19-,20+/m1/s1. The molecule has 0 spiro atoms. The van der Waals surface area contributed by atoms with Gasteiger partial charge in [-0.25, -0.2) is 0 Å². The van der Waals surface area contributed by atoms with Gasteiger partial charge in [-0.2, -0.15) is 0 Å². The third-order valence-electron chi connectivity index (χ3n) is 7.22. The van der Waals surface area contributed by atoms with Gasteiger partial charge in [-0.05, 0) is 50.0 Å². The molecule has 4 rings (SSSR count). The molecule has 1 amide bonds. The minimum atomic E-state index is -2.01. The number of aryl methyl sites for hydroxylation is 1. The predicted molar refractivity (Wildman–Crippen MR) is 119 cm³/mol. The van der Waals surface area contributed by atoms with Crippen LogP contribution in [0.4, 0.5) is 0 Å². The maximum atomic E-state index is 13.4. The highest BCUT2D eigenvalue weighted by Gasteiger charge is 2.52. The number of hydrogen-bond donors (Lipinski definition) is 1. The molecule has 6 nitrogen and oxygen atoms in total. The second kappa shape index (κ2) is 7.23. The summed E-state index contributed by atoms with van der Waals surface area (Å²) in [5.41, 5.74) is 2.33. The second-order valence-electron chi connectivity index (χ2n) is 10.2. The summed E-state index contributed by atoms with van der Waals surface area (Å²) in [6, 6.07) is 3.63. The van der Waals surface area contributed by atoms with Gasteiger partial charge >= 0.3 is 0 Å². The van der Waals surface area contributed by atoms with Crippen LogP contribution < -0.4 is 5.32 Å². The molecule has 2 aromatic rings. The fraction of sp³-hybridized carbons (Fsp3) is 0.565. The molecule has 1 fully saturated rings. The lowest BCUT2D eigenvalue weighted by Crippen LogP contribution is -2.67. The molecule has 30 heavy (non-hydrogen) atoms. The molecule has 1 saturated heterocycles. The molecule has 0 radical (unpaired) electrons. The Labute approximate surface area is 179 Å². The zero-order valence-corrected chi connectivity index (χ0v) is 19.7. The van der Waals surface area contributed by atoms with Crippen LogP contribution in [0.2, 0.25) is 18.1 Å². The number of pyridine rings is 2. The van der Waals surface area contributed by atoms with Crippen molar-refractivity contribution in [3.63, 3.8) is 0 Å². The maximum absolute atomic E-state index is 13.4. The Morgan fingerprint density at radius 3 is 2.67 bits per heavy atom. The van der Waals surface area contributed by atoms with Crippen molar-refractivity contribution < 1.29 is 14.0 Å². The van der Waals surface area contributed by atoms with E-state index in [4.69, 9.17) is 4.43 Å². The molecule has 1 N–H and O–H groups in total. The fourth-order valence-electron chi connectivity index (χ4n) is 4.41. The number of nitrogens with one attached hydrogen (secondary N) is 1. The first-order chi connectivity index (χ1) is 14.0. The smallest absolute Gasteiger partial charge is 0.228 e. The number of carbonyl (C=O) groups is 2. The Balaban J connectivity index is 1.56. The first-order valence-electron chi connectivity index (χ1n) is 10.8. The van der Waals surface area contributed by atoms with E-state index in [1.54, 1.807) is 12.4 Å². The lowest BCUT2D eigenvalue weighted by Gasteiger charge is -2.48. The average Bonchev–Trinajstić information content (AvgIpc) is 2.64. The van der Waals surface area contributed by atoms with E-state index >= 15 is 0 Å². The zero-order chi connectivity index (χ0) is 21.8. The van der Waals surface area contributed by atoms with Crippen LogP contribution in [0.1, 0.15) is 50.2 Å². The van der Waals surface area contributed by atoms with Crippen LogP contribution in [0.3, 0.4) is 0 Å². The molecular formula is C23H31N3O3Si. The van der Waals surface area contributed by atoms with Crippen molar-refractivity contribution in [2.24, 2.45) is 11.8 Å². The number of amides is 1. The first kappa shape index (κ1) is 21.1. The highest BCUT2D eigenvalue weighted by Crippen LogP contribution is 2.41. The topological polar surface area (TPSA) is 81.2 Å². The summed E-state index contributed by atoms with van der Waals surface area (Å²) < 4.78 is 6.51. The lowest BCUT2D eigenvalue weighted by atomic mass is 9.71. The molecule has 0 unspecified atom stereocenters. The average molecular weight is 426 g/mol. The van der Waals surface area contributed by atoms with Crippen LogP contribution in [0.15, 0.2) is 24.5 Å². The molecule has 0 saturated carbocycles. The number of β-lactam (4-membered cyclic amide) rings is 1. The van der Waals surface area contributed by atoms with Gasteiger partial charge in [0.25, 0.3) is 0 Å². The van der Waals surface area contributed by atoms with Crippen molar-refractivity contribution >= 4 is 30.9 Å². The molecule has 2 aromatic heterocycles. The molecule has 1 aliphatic heterocycles. The Hall–Kier alpha value is -2.12. The summed E-state index contributed by atoms with van der Waals surface area (Å²) >= 11 is 0. The summed E-state index contributed by atoms with van der Waals surface area (Å²) in [6.07, 6.45) is 4.66. The molecule has 3 heterocycles. The van der Waals surface area contributed by atoms with E-state index in [-0.39, 0.29) is 40.7 Å². The number of hydrogen-bond acceptors (Lipinski definition) is 5. The van der Waals surface area contributed by atoms with Crippen LogP contribution >= 0.6 is 0 Å². The molecule has 0 bridgehead atoms. The monoisotopic (exact) mass is 425 g/mol. The minimum absolute atomic E-state index is 0.00693. The summed E-state index contributed by atoms with van der Waals surface area (Å²) in [6.45, 7) is 13.0. The summed E-state index contributed by atoms with van der Waals surface area (Å²) in [7, 11) is -2.01. The van der Waals surface area contributed by atoms with E-state index in [2.05, 4.69) is 49.1 Å². The number of carbonyl (C=O) groups excluding carboxylic acids is 2. The zero-order valence-electron chi connectivity index (χ0n) is 18.7. The second-order valence-corrected chi connectivity index (χ2v) is 15.0. The van der Waals surface area contributed by atoms with E-state index in [9.17, 15) is 9.59 Å². The van der Waals surface area contributed by atoms with Crippen molar-refractivity contribution in [1.82, 2.24) is 15.3 Å². The van der Waals surface area contributed by atoms with E-state index in [0.717, 1.165) is 23.0 Å². The van der Waals surface area contributed by atoms with Crippen molar-refractivity contribution in [3.8, 4) is 0 Å². The predicted octanol–water partition coefficient (Wildman–Crippen LogP) is 3.90. The van der Waals surface area contributed by atoms with E-state index < -0.39 is 8.32 Å². The van der Waals surface area contributed by atoms with Gasteiger partial charge in [-0.3, -0.25) is 19.6 Å². The van der Waals surface area contributed by atoms with Gasteiger partial charge in [0.05, 0.1) is 35.5 Å². The van der Waals surface area contributed by atoms with Gasteiger partial charge in [0.15, 0.2) is 14.1 Å².